The Morgan fingerprint density at radius 1 is 1.11 bits per heavy atom. The van der Waals surface area contributed by atoms with Crippen LogP contribution in [0.2, 0.25) is 0 Å². The summed E-state index contributed by atoms with van der Waals surface area (Å²) in [6.45, 7) is 6.77. The Hall–Kier alpha value is -2.77. The van der Waals surface area contributed by atoms with Gasteiger partial charge in [-0.3, -0.25) is 19.8 Å². The van der Waals surface area contributed by atoms with E-state index in [0.29, 0.717) is 23.4 Å². The highest BCUT2D eigenvalue weighted by atomic mass is 16.6. The Morgan fingerprint density at radius 3 is 2.43 bits per heavy atom. The van der Waals surface area contributed by atoms with E-state index in [1.54, 1.807) is 36.4 Å². The van der Waals surface area contributed by atoms with E-state index in [0.717, 1.165) is 26.2 Å². The molecule has 1 heterocycles. The number of hydrogen-bond acceptors (Lipinski definition) is 6. The van der Waals surface area contributed by atoms with Crippen LogP contribution < -0.4 is 5.32 Å². The third-order valence-corrected chi connectivity index (χ3v) is 5.24. The quantitative estimate of drug-likeness (QED) is 0.451. The lowest BCUT2D eigenvalue weighted by atomic mass is 10.0. The third kappa shape index (κ3) is 4.74. The smallest absolute Gasteiger partial charge is 0.293 e. The first kappa shape index (κ1) is 20.0. The number of nitrogens with one attached hydrogen (secondary N) is 1. The molecular formula is C21H26N4O3. The molecule has 0 aliphatic carbocycles. The average molecular weight is 382 g/mol. The van der Waals surface area contributed by atoms with Crippen molar-refractivity contribution >= 4 is 17.2 Å². The summed E-state index contributed by atoms with van der Waals surface area (Å²) in [6.07, 6.45) is 0. The van der Waals surface area contributed by atoms with Crippen molar-refractivity contribution in [3.63, 3.8) is 0 Å². The van der Waals surface area contributed by atoms with E-state index in [1.165, 1.54) is 6.07 Å². The van der Waals surface area contributed by atoms with Crippen molar-refractivity contribution in [2.75, 3.05) is 45.1 Å². The molecule has 0 amide bonds. The summed E-state index contributed by atoms with van der Waals surface area (Å²) >= 11 is 0. The lowest BCUT2D eigenvalue weighted by Crippen LogP contribution is -2.49. The number of ketones is 1. The number of likely N-dealkylation sites (N-methyl/N-ethyl adjacent to an activating group) is 1. The molecule has 1 aliphatic heterocycles. The number of benzene rings is 2. The Balaban J connectivity index is 1.71. The molecule has 148 valence electrons. The third-order valence-electron chi connectivity index (χ3n) is 5.24. The van der Waals surface area contributed by atoms with Crippen LogP contribution in [0.1, 0.15) is 22.8 Å². The van der Waals surface area contributed by atoms with Crippen molar-refractivity contribution in [3.05, 3.63) is 69.8 Å². The van der Waals surface area contributed by atoms with Crippen molar-refractivity contribution in [3.8, 4) is 0 Å². The first-order chi connectivity index (χ1) is 13.5. The van der Waals surface area contributed by atoms with Crippen LogP contribution >= 0.6 is 0 Å². The van der Waals surface area contributed by atoms with Gasteiger partial charge in [0.05, 0.1) is 4.92 Å². The number of nitro benzene ring substituents is 1. The minimum atomic E-state index is -0.440. The largest absolute Gasteiger partial charge is 0.378 e. The van der Waals surface area contributed by atoms with E-state index in [1.807, 2.05) is 6.07 Å². The molecule has 2 aromatic carbocycles. The molecule has 3 rings (SSSR count). The Kier molecular flexibility index (Phi) is 6.38. The molecular weight excluding hydrogens is 356 g/mol. The standard InChI is InChI=1S/C21H26N4O3/c1-16(24-12-10-23(2)11-13-24)15-22-19-9-8-18(14-20(19)25(27)28)21(26)17-6-4-3-5-7-17/h3-9,14,16,22H,10-13,15H2,1-2H3/t16-/m0/s1. The molecule has 7 nitrogen and oxygen atoms in total. The second-order valence-corrected chi connectivity index (χ2v) is 7.25. The molecule has 0 spiro atoms. The van der Waals surface area contributed by atoms with Gasteiger partial charge in [0, 0.05) is 56.0 Å². The molecule has 1 aliphatic rings. The maximum absolute atomic E-state index is 12.6. The highest BCUT2D eigenvalue weighted by Crippen LogP contribution is 2.27. The Morgan fingerprint density at radius 2 is 1.79 bits per heavy atom. The SMILES string of the molecule is C[C@@H](CNc1ccc(C(=O)c2ccccc2)cc1[N+](=O)[O-])N1CCN(C)CC1. The van der Waals surface area contributed by atoms with Crippen molar-refractivity contribution in [1.82, 2.24) is 9.80 Å². The fourth-order valence-corrected chi connectivity index (χ4v) is 3.38. The minimum absolute atomic E-state index is 0.0765. The molecule has 0 aromatic heterocycles. The number of nitro groups is 1. The van der Waals surface area contributed by atoms with Crippen LogP contribution in [0.3, 0.4) is 0 Å². The summed E-state index contributed by atoms with van der Waals surface area (Å²) in [4.78, 5) is 28.4. The molecule has 1 N–H and O–H groups in total. The molecule has 0 saturated carbocycles. The summed E-state index contributed by atoms with van der Waals surface area (Å²) in [5, 5.41) is 14.8. The van der Waals surface area contributed by atoms with Gasteiger partial charge in [0.2, 0.25) is 0 Å². The van der Waals surface area contributed by atoms with Gasteiger partial charge in [-0.1, -0.05) is 30.3 Å². The molecule has 1 atom stereocenters. The van der Waals surface area contributed by atoms with E-state index in [4.69, 9.17) is 0 Å². The van der Waals surface area contributed by atoms with E-state index in [2.05, 4.69) is 29.1 Å². The van der Waals surface area contributed by atoms with E-state index < -0.39 is 4.92 Å². The number of piperazine rings is 1. The Bertz CT molecular complexity index is 833. The van der Waals surface area contributed by atoms with Crippen molar-refractivity contribution in [1.29, 1.82) is 0 Å². The predicted molar refractivity (Wildman–Crippen MR) is 110 cm³/mol. The number of rotatable bonds is 7. The maximum atomic E-state index is 12.6. The lowest BCUT2D eigenvalue weighted by Gasteiger charge is -2.36. The number of nitrogens with zero attached hydrogens (tertiary/aromatic N) is 3. The summed E-state index contributed by atoms with van der Waals surface area (Å²) in [7, 11) is 2.11. The van der Waals surface area contributed by atoms with Gasteiger partial charge < -0.3 is 10.2 Å². The van der Waals surface area contributed by atoms with E-state index >= 15 is 0 Å². The van der Waals surface area contributed by atoms with Gasteiger partial charge in [-0.2, -0.15) is 0 Å². The maximum Gasteiger partial charge on any atom is 0.293 e. The fraction of sp³-hybridized carbons (Fsp3) is 0.381. The van der Waals surface area contributed by atoms with E-state index in [-0.39, 0.29) is 17.5 Å². The summed E-state index contributed by atoms with van der Waals surface area (Å²) < 4.78 is 0. The highest BCUT2D eigenvalue weighted by Gasteiger charge is 2.22. The van der Waals surface area contributed by atoms with Crippen LogP contribution in [0.15, 0.2) is 48.5 Å². The molecule has 7 heteroatoms. The molecule has 0 radical (unpaired) electrons. The van der Waals surface area contributed by atoms with Gasteiger partial charge in [0.25, 0.3) is 5.69 Å². The number of anilines is 1. The van der Waals surface area contributed by atoms with Gasteiger partial charge in [-0.05, 0) is 26.1 Å². The van der Waals surface area contributed by atoms with Crippen molar-refractivity contribution in [2.45, 2.75) is 13.0 Å². The van der Waals surface area contributed by atoms with Gasteiger partial charge in [-0.25, -0.2) is 0 Å². The molecule has 2 aromatic rings. The van der Waals surface area contributed by atoms with Crippen molar-refractivity contribution in [2.24, 2.45) is 0 Å². The zero-order chi connectivity index (χ0) is 20.1. The van der Waals surface area contributed by atoms with E-state index in [9.17, 15) is 14.9 Å². The van der Waals surface area contributed by atoms with Crippen LogP contribution in [0, 0.1) is 10.1 Å². The highest BCUT2D eigenvalue weighted by molar-refractivity contribution is 6.09. The number of carbonyl (C=O) groups excluding carboxylic acids is 1. The molecule has 1 saturated heterocycles. The zero-order valence-electron chi connectivity index (χ0n) is 16.3. The molecule has 28 heavy (non-hydrogen) atoms. The lowest BCUT2D eigenvalue weighted by molar-refractivity contribution is -0.384. The molecule has 0 bridgehead atoms. The van der Waals surface area contributed by atoms with Crippen LogP contribution in [-0.4, -0.2) is 66.3 Å². The molecule has 0 unspecified atom stereocenters. The topological polar surface area (TPSA) is 78.7 Å². The first-order valence-corrected chi connectivity index (χ1v) is 9.50. The number of hydrogen-bond donors (Lipinski definition) is 1. The summed E-state index contributed by atoms with van der Waals surface area (Å²) in [5.41, 5.74) is 1.19. The van der Waals surface area contributed by atoms with Gasteiger partial charge in [-0.15, -0.1) is 0 Å². The predicted octanol–water partition coefficient (Wildman–Crippen LogP) is 2.87. The van der Waals surface area contributed by atoms with Gasteiger partial charge in [0.15, 0.2) is 5.78 Å². The van der Waals surface area contributed by atoms with Crippen molar-refractivity contribution < 1.29 is 9.72 Å². The minimum Gasteiger partial charge on any atom is -0.378 e. The second kappa shape index (κ2) is 8.95. The Labute approximate surface area is 165 Å². The van der Waals surface area contributed by atoms with Gasteiger partial charge >= 0.3 is 0 Å². The summed E-state index contributed by atoms with van der Waals surface area (Å²) in [5.74, 6) is -0.221. The number of carbonyl (C=O) groups is 1. The summed E-state index contributed by atoms with van der Waals surface area (Å²) in [6, 6.07) is 13.7. The van der Waals surface area contributed by atoms with Crippen LogP contribution in [0.5, 0.6) is 0 Å². The normalized spacial score (nSPS) is 16.5. The fourth-order valence-electron chi connectivity index (χ4n) is 3.38. The monoisotopic (exact) mass is 382 g/mol. The zero-order valence-corrected chi connectivity index (χ0v) is 16.3. The molecule has 1 fully saturated rings. The van der Waals surface area contributed by atoms with Crippen LogP contribution in [0.25, 0.3) is 0 Å². The first-order valence-electron chi connectivity index (χ1n) is 9.50. The van der Waals surface area contributed by atoms with Gasteiger partial charge in [0.1, 0.15) is 5.69 Å². The average Bonchev–Trinajstić information content (AvgIpc) is 2.72. The van der Waals surface area contributed by atoms with Crippen LogP contribution in [0.4, 0.5) is 11.4 Å². The van der Waals surface area contributed by atoms with Crippen LogP contribution in [-0.2, 0) is 0 Å². The second-order valence-electron chi connectivity index (χ2n) is 7.25.